The molecule has 1 aromatic carbocycles. The maximum absolute atomic E-state index is 12.7. The quantitative estimate of drug-likeness (QED) is 0.867. The van der Waals surface area contributed by atoms with Crippen molar-refractivity contribution in [3.63, 3.8) is 0 Å². The Kier molecular flexibility index (Phi) is 3.68. The molecule has 1 amide bonds. The summed E-state index contributed by atoms with van der Waals surface area (Å²) in [7, 11) is 0. The van der Waals surface area contributed by atoms with Gasteiger partial charge in [0.15, 0.2) is 0 Å². The normalized spacial score (nSPS) is 32.3. The van der Waals surface area contributed by atoms with Gasteiger partial charge in [0.1, 0.15) is 0 Å². The molecule has 3 nitrogen and oxygen atoms in total. The Morgan fingerprint density at radius 1 is 1.25 bits per heavy atom. The lowest BCUT2D eigenvalue weighted by molar-refractivity contribution is -0.123. The second-order valence-electron chi connectivity index (χ2n) is 6.44. The van der Waals surface area contributed by atoms with Crippen molar-refractivity contribution < 1.29 is 4.79 Å². The fourth-order valence-electron chi connectivity index (χ4n) is 3.63. The van der Waals surface area contributed by atoms with Gasteiger partial charge in [0.05, 0.1) is 5.92 Å². The van der Waals surface area contributed by atoms with Crippen LogP contribution in [0.25, 0.3) is 0 Å². The van der Waals surface area contributed by atoms with Gasteiger partial charge < -0.3 is 10.6 Å². The van der Waals surface area contributed by atoms with Crippen LogP contribution in [0.3, 0.4) is 0 Å². The summed E-state index contributed by atoms with van der Waals surface area (Å²) in [6.07, 6.45) is 4.49. The third-order valence-corrected chi connectivity index (χ3v) is 4.83. The zero-order chi connectivity index (χ0) is 14.1. The van der Waals surface area contributed by atoms with E-state index in [9.17, 15) is 4.79 Å². The Hall–Kier alpha value is -1.51. The topological polar surface area (TPSA) is 41.1 Å². The number of nitrogens with one attached hydrogen (secondary N) is 2. The van der Waals surface area contributed by atoms with Crippen molar-refractivity contribution >= 4 is 11.6 Å². The number of amides is 1. The van der Waals surface area contributed by atoms with Gasteiger partial charge >= 0.3 is 0 Å². The lowest BCUT2D eigenvalue weighted by Crippen LogP contribution is -2.42. The molecule has 1 aliphatic carbocycles. The average molecular weight is 272 g/mol. The van der Waals surface area contributed by atoms with Crippen molar-refractivity contribution in [3.05, 3.63) is 29.8 Å². The number of rotatable bonds is 2. The van der Waals surface area contributed by atoms with Crippen molar-refractivity contribution in [3.8, 4) is 0 Å². The van der Waals surface area contributed by atoms with Crippen molar-refractivity contribution in [2.45, 2.75) is 57.5 Å². The first-order valence-electron chi connectivity index (χ1n) is 7.81. The summed E-state index contributed by atoms with van der Waals surface area (Å²) < 4.78 is 0. The number of fused-ring (bicyclic) bond motifs is 1. The molecule has 0 radical (unpaired) electrons. The highest BCUT2D eigenvalue weighted by Crippen LogP contribution is 2.35. The number of carbonyl (C=O) groups is 1. The Morgan fingerprint density at radius 2 is 2.05 bits per heavy atom. The van der Waals surface area contributed by atoms with Crippen LogP contribution in [0.4, 0.5) is 5.69 Å². The molecule has 108 valence electrons. The average Bonchev–Trinajstić information content (AvgIpc) is 2.83. The van der Waals surface area contributed by atoms with Crippen LogP contribution in [-0.2, 0) is 4.79 Å². The molecule has 1 aromatic rings. The van der Waals surface area contributed by atoms with E-state index in [1.54, 1.807) is 0 Å². The Morgan fingerprint density at radius 3 is 2.80 bits per heavy atom. The van der Waals surface area contributed by atoms with E-state index < -0.39 is 0 Å². The van der Waals surface area contributed by atoms with Crippen LogP contribution in [0, 0.1) is 5.92 Å². The van der Waals surface area contributed by atoms with Gasteiger partial charge in [-0.1, -0.05) is 31.5 Å². The first-order valence-corrected chi connectivity index (χ1v) is 7.81. The van der Waals surface area contributed by atoms with Crippen molar-refractivity contribution in [2.24, 2.45) is 5.92 Å². The van der Waals surface area contributed by atoms with Gasteiger partial charge in [-0.25, -0.2) is 0 Å². The molecule has 4 atom stereocenters. The van der Waals surface area contributed by atoms with Gasteiger partial charge in [-0.05, 0) is 43.7 Å². The minimum absolute atomic E-state index is 0.00440. The van der Waals surface area contributed by atoms with Gasteiger partial charge in [0.2, 0.25) is 5.91 Å². The Labute approximate surface area is 121 Å². The number of benzene rings is 1. The molecule has 2 aliphatic rings. The third kappa shape index (κ3) is 2.54. The van der Waals surface area contributed by atoms with Gasteiger partial charge in [-0.3, -0.25) is 4.79 Å². The van der Waals surface area contributed by atoms with Gasteiger partial charge in [-0.15, -0.1) is 0 Å². The van der Waals surface area contributed by atoms with Crippen LogP contribution in [0.1, 0.15) is 51.0 Å². The smallest absolute Gasteiger partial charge is 0.227 e. The van der Waals surface area contributed by atoms with Crippen LogP contribution < -0.4 is 10.6 Å². The summed E-state index contributed by atoms with van der Waals surface area (Å²) in [5, 5.41) is 6.76. The highest BCUT2D eigenvalue weighted by molar-refractivity contribution is 5.86. The van der Waals surface area contributed by atoms with Gasteiger partial charge in [0.25, 0.3) is 0 Å². The third-order valence-electron chi connectivity index (χ3n) is 4.83. The minimum Gasteiger partial charge on any atom is -0.382 e. The molecule has 1 aliphatic heterocycles. The fourth-order valence-corrected chi connectivity index (χ4v) is 3.63. The summed E-state index contributed by atoms with van der Waals surface area (Å²) in [5.41, 5.74) is 2.26. The molecule has 2 N–H and O–H groups in total. The molecule has 0 saturated heterocycles. The van der Waals surface area contributed by atoms with E-state index in [1.807, 2.05) is 12.1 Å². The summed E-state index contributed by atoms with van der Waals surface area (Å²) >= 11 is 0. The van der Waals surface area contributed by atoms with Crippen molar-refractivity contribution in [1.82, 2.24) is 5.32 Å². The number of carbonyl (C=O) groups excluding carboxylic acids is 1. The van der Waals surface area contributed by atoms with E-state index in [4.69, 9.17) is 0 Å². The zero-order valence-corrected chi connectivity index (χ0v) is 12.4. The van der Waals surface area contributed by atoms with E-state index in [1.165, 1.54) is 12.8 Å². The predicted molar refractivity (Wildman–Crippen MR) is 81.8 cm³/mol. The zero-order valence-electron chi connectivity index (χ0n) is 12.4. The first kappa shape index (κ1) is 13.5. The van der Waals surface area contributed by atoms with Crippen LogP contribution in [0.2, 0.25) is 0 Å². The Bertz CT molecular complexity index is 500. The summed E-state index contributed by atoms with van der Waals surface area (Å²) in [6.45, 7) is 4.39. The highest BCUT2D eigenvalue weighted by atomic mass is 16.2. The van der Waals surface area contributed by atoms with E-state index in [0.29, 0.717) is 18.0 Å². The van der Waals surface area contributed by atoms with E-state index in [-0.39, 0.29) is 11.8 Å². The summed E-state index contributed by atoms with van der Waals surface area (Å²) in [5.74, 6) is 0.827. The maximum atomic E-state index is 12.7. The molecule has 1 saturated carbocycles. The molecule has 0 bridgehead atoms. The summed E-state index contributed by atoms with van der Waals surface area (Å²) in [6, 6.07) is 8.92. The van der Waals surface area contributed by atoms with Gasteiger partial charge in [0, 0.05) is 17.8 Å². The molecule has 0 spiro atoms. The molecule has 4 unspecified atom stereocenters. The van der Waals surface area contributed by atoms with Crippen molar-refractivity contribution in [1.29, 1.82) is 0 Å². The number of para-hydroxylation sites is 1. The molecule has 3 heteroatoms. The van der Waals surface area contributed by atoms with E-state index >= 15 is 0 Å². The van der Waals surface area contributed by atoms with Crippen LogP contribution in [0.15, 0.2) is 24.3 Å². The molecule has 20 heavy (non-hydrogen) atoms. The lowest BCUT2D eigenvalue weighted by atomic mass is 9.86. The number of hydrogen-bond acceptors (Lipinski definition) is 2. The van der Waals surface area contributed by atoms with Crippen LogP contribution in [0.5, 0.6) is 0 Å². The molecule has 1 fully saturated rings. The van der Waals surface area contributed by atoms with Crippen LogP contribution in [-0.4, -0.2) is 18.0 Å². The minimum atomic E-state index is -0.00440. The van der Waals surface area contributed by atoms with E-state index in [2.05, 4.69) is 36.6 Å². The van der Waals surface area contributed by atoms with Crippen LogP contribution >= 0.6 is 0 Å². The fraction of sp³-hybridized carbons (Fsp3) is 0.588. The number of hydrogen-bond donors (Lipinski definition) is 2. The molecule has 0 aromatic heterocycles. The monoisotopic (exact) mass is 272 g/mol. The largest absolute Gasteiger partial charge is 0.382 e. The second kappa shape index (κ2) is 5.47. The van der Waals surface area contributed by atoms with E-state index in [0.717, 1.165) is 24.1 Å². The first-order chi connectivity index (χ1) is 9.65. The molecule has 3 rings (SSSR count). The van der Waals surface area contributed by atoms with Crippen molar-refractivity contribution in [2.75, 3.05) is 5.32 Å². The number of anilines is 1. The Balaban J connectivity index is 1.77. The highest BCUT2D eigenvalue weighted by Gasteiger charge is 2.32. The molecule has 1 heterocycles. The summed E-state index contributed by atoms with van der Waals surface area (Å²) in [4.78, 5) is 12.7. The second-order valence-corrected chi connectivity index (χ2v) is 6.44. The predicted octanol–water partition coefficient (Wildman–Crippen LogP) is 3.28. The lowest BCUT2D eigenvalue weighted by Gasteiger charge is -2.31. The standard InChI is InChI=1S/C17H24N2O/c1-11-6-5-9-15(11)19-17(20)14-10-12(2)18-16-8-4-3-7-13(14)16/h3-4,7-8,11-12,14-15,18H,5-6,9-10H2,1-2H3,(H,19,20). The molecular formula is C17H24N2O. The van der Waals surface area contributed by atoms with Gasteiger partial charge in [-0.2, -0.15) is 0 Å². The molecular weight excluding hydrogens is 248 g/mol. The SMILES string of the molecule is CC1CC(C(=O)NC2CCCC2C)c2ccccc2N1. The maximum Gasteiger partial charge on any atom is 0.227 e.